The minimum Gasteiger partial charge on any atom is -0.506 e. The Morgan fingerprint density at radius 2 is 2.20 bits per heavy atom. The van der Waals surface area contributed by atoms with Crippen LogP contribution >= 0.6 is 11.6 Å². The normalized spacial score (nSPS) is 14.2. The standard InChI is InChI=1S/C10H5ClO4/c11-7-2-5-1-6(4-12)10(14)15-9(5)3-8(7)13/h2-3,13H,1H2. The number of benzene rings is 1. The molecule has 0 saturated heterocycles. The van der Waals surface area contributed by atoms with Crippen molar-refractivity contribution in [1.29, 1.82) is 0 Å². The number of rotatable bonds is 0. The molecule has 0 aliphatic carbocycles. The zero-order valence-electron chi connectivity index (χ0n) is 7.41. The van der Waals surface area contributed by atoms with E-state index in [0.717, 1.165) is 0 Å². The first kappa shape index (κ1) is 9.77. The second kappa shape index (κ2) is 3.42. The molecular weight excluding hydrogens is 220 g/mol. The van der Waals surface area contributed by atoms with Crippen molar-refractivity contribution in [1.82, 2.24) is 0 Å². The molecule has 0 saturated carbocycles. The highest BCUT2D eigenvalue weighted by molar-refractivity contribution is 6.32. The smallest absolute Gasteiger partial charge is 0.350 e. The number of carbonyl (C=O) groups is 1. The minimum absolute atomic E-state index is 0.0794. The van der Waals surface area contributed by atoms with Crippen molar-refractivity contribution in [3.05, 3.63) is 28.3 Å². The highest BCUT2D eigenvalue weighted by Crippen LogP contribution is 2.35. The van der Waals surface area contributed by atoms with Crippen LogP contribution in [-0.4, -0.2) is 17.0 Å². The molecule has 1 N–H and O–H groups in total. The van der Waals surface area contributed by atoms with Gasteiger partial charge in [-0.15, -0.1) is 0 Å². The summed E-state index contributed by atoms with van der Waals surface area (Å²) < 4.78 is 4.81. The molecule has 1 aromatic carbocycles. The molecule has 1 aliphatic rings. The molecule has 0 spiro atoms. The summed E-state index contributed by atoms with van der Waals surface area (Å²) in [6.45, 7) is 0. The number of esters is 1. The Labute approximate surface area is 89.7 Å². The van der Waals surface area contributed by atoms with Crippen LogP contribution < -0.4 is 4.74 Å². The number of fused-ring (bicyclic) bond motifs is 1. The van der Waals surface area contributed by atoms with E-state index in [1.807, 2.05) is 0 Å². The largest absolute Gasteiger partial charge is 0.506 e. The summed E-state index contributed by atoms with van der Waals surface area (Å²) in [6.07, 6.45) is 0.123. The molecule has 76 valence electrons. The maximum atomic E-state index is 11.1. The lowest BCUT2D eigenvalue weighted by atomic mass is 10.0. The molecule has 1 aliphatic heterocycles. The molecule has 0 amide bonds. The van der Waals surface area contributed by atoms with Crippen LogP contribution in [0, 0.1) is 0 Å². The molecule has 2 rings (SSSR count). The second-order valence-electron chi connectivity index (χ2n) is 3.06. The van der Waals surface area contributed by atoms with Crippen molar-refractivity contribution < 1.29 is 19.4 Å². The van der Waals surface area contributed by atoms with Gasteiger partial charge in [0, 0.05) is 18.1 Å². The first-order valence-corrected chi connectivity index (χ1v) is 4.47. The molecule has 1 heterocycles. The van der Waals surface area contributed by atoms with Crippen LogP contribution in [0.2, 0.25) is 5.02 Å². The summed E-state index contributed by atoms with van der Waals surface area (Å²) in [6, 6.07) is 2.70. The Hall–Kier alpha value is -1.77. The summed E-state index contributed by atoms with van der Waals surface area (Å²) in [5, 5.41) is 9.43. The Bertz CT molecular complexity index is 500. The Morgan fingerprint density at radius 1 is 1.47 bits per heavy atom. The van der Waals surface area contributed by atoms with E-state index in [1.54, 1.807) is 0 Å². The summed E-state index contributed by atoms with van der Waals surface area (Å²) in [4.78, 5) is 21.5. The summed E-state index contributed by atoms with van der Waals surface area (Å²) >= 11 is 5.67. The summed E-state index contributed by atoms with van der Waals surface area (Å²) in [5.74, 6) is 0.836. The predicted octanol–water partition coefficient (Wildman–Crippen LogP) is 1.27. The number of phenols is 1. The number of ether oxygens (including phenoxy) is 1. The van der Waals surface area contributed by atoms with Gasteiger partial charge in [0.2, 0.25) is 0 Å². The lowest BCUT2D eigenvalue weighted by Gasteiger charge is -2.16. The van der Waals surface area contributed by atoms with Gasteiger partial charge >= 0.3 is 5.97 Å². The number of hydrogen-bond acceptors (Lipinski definition) is 4. The van der Waals surface area contributed by atoms with Gasteiger partial charge in [-0.1, -0.05) is 11.6 Å². The Morgan fingerprint density at radius 3 is 2.87 bits per heavy atom. The van der Waals surface area contributed by atoms with E-state index in [4.69, 9.17) is 16.3 Å². The van der Waals surface area contributed by atoms with Crippen molar-refractivity contribution in [3.8, 4) is 11.5 Å². The Kier molecular flexibility index (Phi) is 2.23. The lowest BCUT2D eigenvalue weighted by Crippen LogP contribution is -2.19. The van der Waals surface area contributed by atoms with Gasteiger partial charge in [-0.2, -0.15) is 0 Å². The summed E-state index contributed by atoms with van der Waals surface area (Å²) in [5.41, 5.74) is 0.500. The highest BCUT2D eigenvalue weighted by Gasteiger charge is 2.24. The van der Waals surface area contributed by atoms with Gasteiger partial charge in [0.15, 0.2) is 0 Å². The predicted molar refractivity (Wildman–Crippen MR) is 51.7 cm³/mol. The average molecular weight is 225 g/mol. The van der Waals surface area contributed by atoms with Crippen molar-refractivity contribution in [2.75, 3.05) is 0 Å². The maximum absolute atomic E-state index is 11.1. The molecule has 5 heteroatoms. The topological polar surface area (TPSA) is 63.6 Å². The molecule has 0 aromatic heterocycles. The zero-order valence-corrected chi connectivity index (χ0v) is 8.17. The number of aromatic hydroxyl groups is 1. The fraction of sp³-hybridized carbons (Fsp3) is 0.100. The van der Waals surface area contributed by atoms with Gasteiger partial charge in [0.05, 0.1) is 5.02 Å². The summed E-state index contributed by atoms with van der Waals surface area (Å²) in [7, 11) is 0. The maximum Gasteiger partial charge on any atom is 0.350 e. The third-order valence-corrected chi connectivity index (χ3v) is 2.37. The van der Waals surface area contributed by atoms with Crippen molar-refractivity contribution >= 4 is 23.5 Å². The van der Waals surface area contributed by atoms with E-state index >= 15 is 0 Å². The molecule has 0 radical (unpaired) electrons. The van der Waals surface area contributed by atoms with Crippen LogP contribution in [0.4, 0.5) is 0 Å². The van der Waals surface area contributed by atoms with Crippen LogP contribution in [0.15, 0.2) is 17.7 Å². The third-order valence-electron chi connectivity index (χ3n) is 2.07. The highest BCUT2D eigenvalue weighted by atomic mass is 35.5. The Balaban J connectivity index is 2.55. The average Bonchev–Trinajstić information content (AvgIpc) is 2.20. The lowest BCUT2D eigenvalue weighted by molar-refractivity contribution is -0.130. The zero-order chi connectivity index (χ0) is 11.0. The van der Waals surface area contributed by atoms with E-state index in [9.17, 15) is 14.7 Å². The van der Waals surface area contributed by atoms with Gasteiger partial charge < -0.3 is 9.84 Å². The fourth-order valence-electron chi connectivity index (χ4n) is 1.32. The molecule has 1 aromatic rings. The molecule has 0 unspecified atom stereocenters. The number of halogens is 1. The van der Waals surface area contributed by atoms with E-state index in [2.05, 4.69) is 0 Å². The van der Waals surface area contributed by atoms with E-state index in [1.165, 1.54) is 18.1 Å². The third kappa shape index (κ3) is 1.61. The molecular formula is C10H5ClO4. The van der Waals surface area contributed by atoms with Crippen LogP contribution in [-0.2, 0) is 16.0 Å². The van der Waals surface area contributed by atoms with Crippen molar-refractivity contribution in [2.24, 2.45) is 0 Å². The fourth-order valence-corrected chi connectivity index (χ4v) is 1.51. The first-order valence-electron chi connectivity index (χ1n) is 4.09. The van der Waals surface area contributed by atoms with Crippen molar-refractivity contribution in [3.63, 3.8) is 0 Å². The molecule has 0 fully saturated rings. The van der Waals surface area contributed by atoms with Gasteiger partial charge in [-0.05, 0) is 6.07 Å². The van der Waals surface area contributed by atoms with Crippen LogP contribution in [0.25, 0.3) is 0 Å². The molecule has 15 heavy (non-hydrogen) atoms. The van der Waals surface area contributed by atoms with Gasteiger partial charge in [0.1, 0.15) is 23.0 Å². The van der Waals surface area contributed by atoms with Crippen molar-refractivity contribution in [2.45, 2.75) is 6.42 Å². The monoisotopic (exact) mass is 224 g/mol. The number of phenolic OH excluding ortho intramolecular Hbond substituents is 1. The molecule has 0 atom stereocenters. The first-order chi connectivity index (χ1) is 7.11. The van der Waals surface area contributed by atoms with E-state index in [-0.39, 0.29) is 28.5 Å². The van der Waals surface area contributed by atoms with Gasteiger partial charge in [0.25, 0.3) is 0 Å². The van der Waals surface area contributed by atoms with E-state index < -0.39 is 5.97 Å². The molecule has 4 nitrogen and oxygen atoms in total. The number of hydrogen-bond donors (Lipinski definition) is 1. The van der Waals surface area contributed by atoms with Gasteiger partial charge in [-0.3, -0.25) is 0 Å². The second-order valence-corrected chi connectivity index (χ2v) is 3.47. The SMILES string of the molecule is O=C=C1Cc2cc(Cl)c(O)cc2OC1=O. The van der Waals surface area contributed by atoms with Crippen LogP contribution in [0.3, 0.4) is 0 Å². The van der Waals surface area contributed by atoms with Crippen LogP contribution in [0.1, 0.15) is 5.56 Å². The van der Waals surface area contributed by atoms with Gasteiger partial charge in [-0.25, -0.2) is 9.59 Å². The van der Waals surface area contributed by atoms with Crippen LogP contribution in [0.5, 0.6) is 11.5 Å². The molecule has 0 bridgehead atoms. The quantitative estimate of drug-likeness (QED) is 0.312. The number of carbonyl (C=O) groups excluding carboxylic acids is 2. The minimum atomic E-state index is -0.737. The van der Waals surface area contributed by atoms with E-state index in [0.29, 0.717) is 5.56 Å².